The Bertz CT molecular complexity index is 592. The predicted octanol–water partition coefficient (Wildman–Crippen LogP) is 3.18. The number of aromatic nitrogens is 3. The quantitative estimate of drug-likeness (QED) is 0.911. The summed E-state index contributed by atoms with van der Waals surface area (Å²) >= 11 is 3.67. The molecule has 2 rings (SSSR count). The van der Waals surface area contributed by atoms with E-state index in [0.29, 0.717) is 0 Å². The molecular weight excluding hydrogens is 316 g/mol. The van der Waals surface area contributed by atoms with E-state index in [1.807, 2.05) is 26.4 Å². The number of hydrogen-bond donors (Lipinski definition) is 1. The van der Waals surface area contributed by atoms with E-state index in [1.165, 1.54) is 16.8 Å². The maximum atomic E-state index is 4.56. The molecule has 4 nitrogen and oxygen atoms in total. The number of nitrogens with zero attached hydrogens (tertiary/aromatic N) is 3. The highest BCUT2D eigenvalue weighted by atomic mass is 79.9. The number of nitrogens with one attached hydrogen (secondary N) is 1. The van der Waals surface area contributed by atoms with Gasteiger partial charge in [-0.05, 0) is 60.9 Å². The fraction of sp³-hybridized carbons (Fsp3) is 0.467. The molecule has 2 aromatic heterocycles. The van der Waals surface area contributed by atoms with Gasteiger partial charge < -0.3 is 5.32 Å². The van der Waals surface area contributed by atoms with Gasteiger partial charge in [-0.15, -0.1) is 0 Å². The van der Waals surface area contributed by atoms with Crippen LogP contribution in [0, 0.1) is 13.8 Å². The Kier molecular flexibility index (Phi) is 4.94. The van der Waals surface area contributed by atoms with E-state index in [1.54, 1.807) is 0 Å². The largest absolute Gasteiger partial charge is 0.313 e. The van der Waals surface area contributed by atoms with Crippen molar-refractivity contribution in [3.8, 4) is 0 Å². The van der Waals surface area contributed by atoms with E-state index < -0.39 is 0 Å². The van der Waals surface area contributed by atoms with Crippen LogP contribution in [0.5, 0.6) is 0 Å². The molecule has 0 amide bonds. The average molecular weight is 337 g/mol. The Morgan fingerprint density at radius 2 is 2.15 bits per heavy atom. The molecule has 5 heteroatoms. The normalized spacial score (nSPS) is 12.7. The maximum Gasteiger partial charge on any atom is 0.0738 e. The van der Waals surface area contributed by atoms with Gasteiger partial charge in [0.05, 0.1) is 15.9 Å². The minimum Gasteiger partial charge on any atom is -0.313 e. The van der Waals surface area contributed by atoms with Crippen LogP contribution in [0.2, 0.25) is 0 Å². The predicted molar refractivity (Wildman–Crippen MR) is 84.8 cm³/mol. The molecule has 0 spiro atoms. The van der Waals surface area contributed by atoms with Gasteiger partial charge in [0, 0.05) is 31.4 Å². The van der Waals surface area contributed by atoms with Gasteiger partial charge in [0.2, 0.25) is 0 Å². The zero-order valence-electron chi connectivity index (χ0n) is 12.4. The SMILES string of the molecule is CCn1nc(C)c(Br)c1CC(NC)c1ccncc1C. The first-order valence-electron chi connectivity index (χ1n) is 6.88. The van der Waals surface area contributed by atoms with Crippen LogP contribution in [0.4, 0.5) is 0 Å². The topological polar surface area (TPSA) is 42.7 Å². The zero-order chi connectivity index (χ0) is 14.7. The molecule has 0 fully saturated rings. The molecule has 0 bridgehead atoms. The van der Waals surface area contributed by atoms with Gasteiger partial charge >= 0.3 is 0 Å². The van der Waals surface area contributed by atoms with Crippen molar-refractivity contribution in [3.05, 3.63) is 45.4 Å². The fourth-order valence-electron chi connectivity index (χ4n) is 2.50. The molecule has 0 aliphatic carbocycles. The van der Waals surface area contributed by atoms with Crippen molar-refractivity contribution in [3.63, 3.8) is 0 Å². The number of hydrogen-bond acceptors (Lipinski definition) is 3. The smallest absolute Gasteiger partial charge is 0.0738 e. The summed E-state index contributed by atoms with van der Waals surface area (Å²) in [6, 6.07) is 2.35. The Labute approximate surface area is 128 Å². The van der Waals surface area contributed by atoms with Crippen LogP contribution in [0.25, 0.3) is 0 Å². The van der Waals surface area contributed by atoms with Crippen LogP contribution in [-0.4, -0.2) is 21.8 Å². The molecule has 2 aromatic rings. The highest BCUT2D eigenvalue weighted by molar-refractivity contribution is 9.10. The molecule has 0 radical (unpaired) electrons. The standard InChI is InChI=1S/C15H21BrN4/c1-5-20-14(15(16)11(3)19-20)8-13(17-4)12-6-7-18-9-10(12)2/h6-7,9,13,17H,5,8H2,1-4H3. The van der Waals surface area contributed by atoms with Gasteiger partial charge in [0.25, 0.3) is 0 Å². The van der Waals surface area contributed by atoms with Gasteiger partial charge in [0.1, 0.15) is 0 Å². The average Bonchev–Trinajstić information content (AvgIpc) is 2.73. The van der Waals surface area contributed by atoms with E-state index >= 15 is 0 Å². The highest BCUT2D eigenvalue weighted by Gasteiger charge is 2.19. The maximum absolute atomic E-state index is 4.56. The summed E-state index contributed by atoms with van der Waals surface area (Å²) in [5, 5.41) is 7.97. The van der Waals surface area contributed by atoms with E-state index in [0.717, 1.165) is 23.1 Å². The van der Waals surface area contributed by atoms with Crippen molar-refractivity contribution in [1.82, 2.24) is 20.1 Å². The van der Waals surface area contributed by atoms with Crippen molar-refractivity contribution in [2.45, 2.75) is 39.8 Å². The van der Waals surface area contributed by atoms with Gasteiger partial charge in [-0.25, -0.2) is 0 Å². The molecular formula is C15H21BrN4. The van der Waals surface area contributed by atoms with Crippen molar-refractivity contribution in [1.29, 1.82) is 0 Å². The number of likely N-dealkylation sites (N-methyl/N-ethyl adjacent to an activating group) is 1. The summed E-state index contributed by atoms with van der Waals surface area (Å²) in [5.74, 6) is 0. The summed E-state index contributed by atoms with van der Waals surface area (Å²) in [7, 11) is 2.00. The van der Waals surface area contributed by atoms with Gasteiger partial charge in [-0.3, -0.25) is 9.67 Å². The van der Waals surface area contributed by atoms with Crippen molar-refractivity contribution in [2.75, 3.05) is 7.05 Å². The molecule has 1 atom stereocenters. The Hall–Kier alpha value is -1.20. The van der Waals surface area contributed by atoms with Gasteiger partial charge in [-0.2, -0.15) is 5.10 Å². The summed E-state index contributed by atoms with van der Waals surface area (Å²) in [5.41, 5.74) is 4.78. The van der Waals surface area contributed by atoms with Gasteiger partial charge in [-0.1, -0.05) is 0 Å². The second kappa shape index (κ2) is 6.50. The summed E-state index contributed by atoms with van der Waals surface area (Å²) in [6.45, 7) is 7.14. The van der Waals surface area contributed by atoms with Crippen molar-refractivity contribution < 1.29 is 0 Å². The molecule has 108 valence electrons. The number of pyridine rings is 1. The van der Waals surface area contributed by atoms with E-state index in [-0.39, 0.29) is 6.04 Å². The lowest BCUT2D eigenvalue weighted by molar-refractivity contribution is 0.538. The lowest BCUT2D eigenvalue weighted by Gasteiger charge is -2.19. The Morgan fingerprint density at radius 1 is 1.40 bits per heavy atom. The first-order chi connectivity index (χ1) is 9.58. The molecule has 0 aromatic carbocycles. The monoisotopic (exact) mass is 336 g/mol. The summed E-state index contributed by atoms with van der Waals surface area (Å²) in [6.07, 6.45) is 4.66. The lowest BCUT2D eigenvalue weighted by atomic mass is 9.99. The van der Waals surface area contributed by atoms with Crippen LogP contribution in [0.1, 0.15) is 35.5 Å². The second-order valence-electron chi connectivity index (χ2n) is 4.94. The number of halogens is 1. The molecule has 0 saturated heterocycles. The Morgan fingerprint density at radius 3 is 2.75 bits per heavy atom. The van der Waals surface area contributed by atoms with Gasteiger partial charge in [0.15, 0.2) is 0 Å². The fourth-order valence-corrected chi connectivity index (χ4v) is 2.95. The minimum atomic E-state index is 0.260. The lowest BCUT2D eigenvalue weighted by Crippen LogP contribution is -2.21. The third-order valence-corrected chi connectivity index (χ3v) is 4.67. The van der Waals surface area contributed by atoms with Crippen LogP contribution in [0.3, 0.4) is 0 Å². The third-order valence-electron chi connectivity index (χ3n) is 3.64. The van der Waals surface area contributed by atoms with Crippen LogP contribution in [-0.2, 0) is 13.0 Å². The first kappa shape index (κ1) is 15.2. The van der Waals surface area contributed by atoms with E-state index in [9.17, 15) is 0 Å². The summed E-state index contributed by atoms with van der Waals surface area (Å²) in [4.78, 5) is 4.17. The molecule has 20 heavy (non-hydrogen) atoms. The second-order valence-corrected chi connectivity index (χ2v) is 5.73. The van der Waals surface area contributed by atoms with E-state index in [2.05, 4.69) is 55.9 Å². The summed E-state index contributed by atoms with van der Waals surface area (Å²) < 4.78 is 3.19. The van der Waals surface area contributed by atoms with Crippen molar-refractivity contribution in [2.24, 2.45) is 0 Å². The molecule has 1 N–H and O–H groups in total. The van der Waals surface area contributed by atoms with E-state index in [4.69, 9.17) is 0 Å². The van der Waals surface area contributed by atoms with Crippen LogP contribution in [0.15, 0.2) is 22.9 Å². The highest BCUT2D eigenvalue weighted by Crippen LogP contribution is 2.27. The molecule has 2 heterocycles. The number of aryl methyl sites for hydroxylation is 3. The molecule has 0 aliphatic heterocycles. The minimum absolute atomic E-state index is 0.260. The molecule has 0 saturated carbocycles. The van der Waals surface area contributed by atoms with Crippen LogP contribution < -0.4 is 5.32 Å². The zero-order valence-corrected chi connectivity index (χ0v) is 14.0. The van der Waals surface area contributed by atoms with Crippen molar-refractivity contribution >= 4 is 15.9 Å². The number of rotatable bonds is 5. The van der Waals surface area contributed by atoms with Crippen LogP contribution >= 0.6 is 15.9 Å². The molecule has 1 unspecified atom stereocenters. The first-order valence-corrected chi connectivity index (χ1v) is 7.67. The Balaban J connectivity index is 2.34. The molecule has 0 aliphatic rings. The third kappa shape index (κ3) is 2.94.